The lowest BCUT2D eigenvalue weighted by Crippen LogP contribution is -2.17. The molecular weight excluding hydrogens is 340 g/mol. The van der Waals surface area contributed by atoms with E-state index in [0.717, 1.165) is 16.7 Å². The quantitative estimate of drug-likeness (QED) is 0.739. The minimum Gasteiger partial charge on any atom is -0.475 e. The van der Waals surface area contributed by atoms with Crippen LogP contribution in [0.4, 0.5) is 0 Å². The molecule has 0 fully saturated rings. The molecule has 1 aliphatic heterocycles. The summed E-state index contributed by atoms with van der Waals surface area (Å²) in [5, 5.41) is 14.9. The van der Waals surface area contributed by atoms with Crippen molar-refractivity contribution in [2.45, 2.75) is 31.9 Å². The lowest BCUT2D eigenvalue weighted by atomic mass is 10.00. The Kier molecular flexibility index (Phi) is 4.54. The van der Waals surface area contributed by atoms with Crippen LogP contribution in [0.2, 0.25) is 0 Å². The summed E-state index contributed by atoms with van der Waals surface area (Å²) in [6, 6.07) is 19.3. The van der Waals surface area contributed by atoms with Crippen LogP contribution in [0.5, 0.6) is 0 Å². The van der Waals surface area contributed by atoms with Gasteiger partial charge in [-0.05, 0) is 19.4 Å². The molecule has 1 N–H and O–H groups in total. The normalized spacial score (nSPS) is 16.6. The number of ether oxygens (including phenoxy) is 1. The van der Waals surface area contributed by atoms with Crippen molar-refractivity contribution in [1.82, 2.24) is 5.16 Å². The van der Waals surface area contributed by atoms with Crippen LogP contribution in [0.15, 0.2) is 70.2 Å². The first-order valence-electron chi connectivity index (χ1n) is 9.03. The maximum absolute atomic E-state index is 10.7. The summed E-state index contributed by atoms with van der Waals surface area (Å²) in [6.45, 7) is 4.55. The van der Waals surface area contributed by atoms with Gasteiger partial charge in [-0.3, -0.25) is 0 Å². The second-order valence-electron chi connectivity index (χ2n) is 7.34. The number of nitrogens with zero attached hydrogens (tertiary/aromatic N) is 2. The van der Waals surface area contributed by atoms with Crippen LogP contribution >= 0.6 is 0 Å². The fraction of sp³-hybridized carbons (Fsp3) is 0.273. The molecule has 1 atom stereocenters. The molecular formula is C22H22N2O3. The molecule has 1 unspecified atom stereocenters. The van der Waals surface area contributed by atoms with Crippen LogP contribution in [0, 0.1) is 0 Å². The van der Waals surface area contributed by atoms with Crippen molar-refractivity contribution in [2.75, 3.05) is 6.61 Å². The third-order valence-corrected chi connectivity index (χ3v) is 4.55. The van der Waals surface area contributed by atoms with Crippen molar-refractivity contribution < 1.29 is 14.4 Å². The van der Waals surface area contributed by atoms with Crippen molar-refractivity contribution in [3.05, 3.63) is 77.6 Å². The molecule has 3 aromatic rings. The molecule has 1 aliphatic rings. The molecule has 27 heavy (non-hydrogen) atoms. The molecule has 0 radical (unpaired) electrons. The average molecular weight is 362 g/mol. The van der Waals surface area contributed by atoms with E-state index in [1.165, 1.54) is 0 Å². The van der Waals surface area contributed by atoms with Gasteiger partial charge >= 0.3 is 0 Å². The van der Waals surface area contributed by atoms with Gasteiger partial charge in [0.2, 0.25) is 5.90 Å². The van der Waals surface area contributed by atoms with Gasteiger partial charge in [0.25, 0.3) is 0 Å². The SMILES string of the molecule is CC1(C)COC(c2c(-c3ccccc3)noc2CC(O)c2ccccc2)=N1. The highest BCUT2D eigenvalue weighted by Crippen LogP contribution is 2.32. The molecule has 0 saturated heterocycles. The number of aliphatic hydroxyl groups is 1. The van der Waals surface area contributed by atoms with Crippen molar-refractivity contribution in [3.63, 3.8) is 0 Å². The summed E-state index contributed by atoms with van der Waals surface area (Å²) in [7, 11) is 0. The minimum atomic E-state index is -0.698. The number of benzene rings is 2. The number of aliphatic hydroxyl groups excluding tert-OH is 1. The summed E-state index contributed by atoms with van der Waals surface area (Å²) < 4.78 is 11.5. The van der Waals surface area contributed by atoms with E-state index in [9.17, 15) is 5.11 Å². The van der Waals surface area contributed by atoms with Gasteiger partial charge in [0.05, 0.1) is 11.6 Å². The monoisotopic (exact) mass is 362 g/mol. The van der Waals surface area contributed by atoms with E-state index in [1.54, 1.807) is 0 Å². The van der Waals surface area contributed by atoms with Crippen molar-refractivity contribution >= 4 is 5.90 Å². The molecule has 5 nitrogen and oxygen atoms in total. The Bertz CT molecular complexity index is 946. The van der Waals surface area contributed by atoms with E-state index in [4.69, 9.17) is 14.3 Å². The fourth-order valence-electron chi connectivity index (χ4n) is 3.16. The van der Waals surface area contributed by atoms with Crippen molar-refractivity contribution in [3.8, 4) is 11.3 Å². The van der Waals surface area contributed by atoms with Gasteiger partial charge in [0, 0.05) is 12.0 Å². The third kappa shape index (κ3) is 3.64. The Morgan fingerprint density at radius 2 is 1.70 bits per heavy atom. The van der Waals surface area contributed by atoms with E-state index in [2.05, 4.69) is 5.16 Å². The minimum absolute atomic E-state index is 0.294. The van der Waals surface area contributed by atoms with E-state index < -0.39 is 6.10 Å². The summed E-state index contributed by atoms with van der Waals surface area (Å²) in [4.78, 5) is 4.70. The summed E-state index contributed by atoms with van der Waals surface area (Å²) >= 11 is 0. The predicted molar refractivity (Wildman–Crippen MR) is 104 cm³/mol. The lowest BCUT2D eigenvalue weighted by molar-refractivity contribution is 0.166. The predicted octanol–water partition coefficient (Wildman–Crippen LogP) is 4.17. The Morgan fingerprint density at radius 3 is 2.33 bits per heavy atom. The highest BCUT2D eigenvalue weighted by atomic mass is 16.5. The van der Waals surface area contributed by atoms with E-state index in [1.807, 2.05) is 74.5 Å². The first-order valence-corrected chi connectivity index (χ1v) is 9.03. The van der Waals surface area contributed by atoms with Crippen LogP contribution in [0.25, 0.3) is 11.3 Å². The van der Waals surface area contributed by atoms with Gasteiger partial charge in [0.15, 0.2) is 5.76 Å². The Balaban J connectivity index is 1.75. The molecule has 0 spiro atoms. The molecule has 2 aromatic carbocycles. The number of hydrogen-bond donors (Lipinski definition) is 1. The number of aromatic nitrogens is 1. The smallest absolute Gasteiger partial charge is 0.222 e. The maximum atomic E-state index is 10.7. The second kappa shape index (κ2) is 7.00. The molecule has 0 bridgehead atoms. The van der Waals surface area contributed by atoms with Crippen LogP contribution in [-0.2, 0) is 11.2 Å². The van der Waals surface area contributed by atoms with E-state index in [-0.39, 0.29) is 5.54 Å². The largest absolute Gasteiger partial charge is 0.475 e. The zero-order valence-electron chi connectivity index (χ0n) is 15.4. The third-order valence-electron chi connectivity index (χ3n) is 4.55. The van der Waals surface area contributed by atoms with Crippen LogP contribution in [0.1, 0.15) is 36.8 Å². The number of hydrogen-bond acceptors (Lipinski definition) is 5. The summed E-state index contributed by atoms with van der Waals surface area (Å²) in [5.74, 6) is 1.09. The highest BCUT2D eigenvalue weighted by molar-refractivity contribution is 6.01. The second-order valence-corrected chi connectivity index (χ2v) is 7.34. The van der Waals surface area contributed by atoms with Crippen molar-refractivity contribution in [2.24, 2.45) is 4.99 Å². The molecule has 0 saturated carbocycles. The van der Waals surface area contributed by atoms with Crippen LogP contribution < -0.4 is 0 Å². The standard InChI is InChI=1S/C22H22N2O3/c1-22(2)14-26-21(23-22)19-18(13-17(25)15-9-5-3-6-10-15)27-24-20(19)16-11-7-4-8-12-16/h3-12,17,25H,13-14H2,1-2H3. The van der Waals surface area contributed by atoms with E-state index in [0.29, 0.717) is 30.4 Å². The first-order chi connectivity index (χ1) is 13.0. The first kappa shape index (κ1) is 17.5. The van der Waals surface area contributed by atoms with Gasteiger partial charge in [-0.25, -0.2) is 4.99 Å². The molecule has 1 aromatic heterocycles. The molecule has 4 rings (SSSR count). The zero-order valence-corrected chi connectivity index (χ0v) is 15.4. The lowest BCUT2D eigenvalue weighted by Gasteiger charge is -2.10. The molecule has 0 aliphatic carbocycles. The van der Waals surface area contributed by atoms with Crippen molar-refractivity contribution in [1.29, 1.82) is 0 Å². The number of rotatable bonds is 5. The topological polar surface area (TPSA) is 67.9 Å². The van der Waals surface area contributed by atoms with Gasteiger partial charge in [0.1, 0.15) is 17.9 Å². The molecule has 0 amide bonds. The van der Waals surface area contributed by atoms with Crippen LogP contribution in [0.3, 0.4) is 0 Å². The molecule has 2 heterocycles. The average Bonchev–Trinajstić information content (AvgIpc) is 3.25. The zero-order chi connectivity index (χ0) is 18.9. The Hall–Kier alpha value is -2.92. The van der Waals surface area contributed by atoms with Gasteiger partial charge in [-0.1, -0.05) is 65.8 Å². The molecule has 5 heteroatoms. The van der Waals surface area contributed by atoms with E-state index >= 15 is 0 Å². The maximum Gasteiger partial charge on any atom is 0.222 e. The van der Waals surface area contributed by atoms with Crippen LogP contribution in [-0.4, -0.2) is 28.3 Å². The Labute approximate surface area is 158 Å². The summed E-state index contributed by atoms with van der Waals surface area (Å²) in [5.41, 5.74) is 2.86. The molecule has 138 valence electrons. The summed E-state index contributed by atoms with van der Waals surface area (Å²) in [6.07, 6.45) is -0.404. The van der Waals surface area contributed by atoms with Gasteiger partial charge in [-0.2, -0.15) is 0 Å². The fourth-order valence-corrected chi connectivity index (χ4v) is 3.16. The highest BCUT2D eigenvalue weighted by Gasteiger charge is 2.33. The number of aliphatic imine (C=N–C) groups is 1. The van der Waals surface area contributed by atoms with Gasteiger partial charge < -0.3 is 14.4 Å². The Morgan fingerprint density at radius 1 is 1.04 bits per heavy atom. The van der Waals surface area contributed by atoms with Gasteiger partial charge in [-0.15, -0.1) is 0 Å².